The zero-order chi connectivity index (χ0) is 29.8. The fourth-order valence-electron chi connectivity index (χ4n) is 4.23. The van der Waals surface area contributed by atoms with Gasteiger partial charge in [0.05, 0.1) is 14.2 Å². The normalized spacial score (nSPS) is 11.6. The number of carbonyl (C=O) groups excluding carboxylic acids is 2. The standard InChI is InChI=1S/C29H24N2O11/c1-37-23-11-22-26(28(27(23)38-2)39-13-24(33)30-12-25(34)35)18(32)10-20(42-22)15-4-3-5-17(8-15)31-29(36)16-6-7-19-21(9-16)41-14-40-19/h3-11H,12-14H2,1-2H3,(H,30,33)(H,31,36)(H,34,35). The third-order valence-electron chi connectivity index (χ3n) is 6.14. The first kappa shape index (κ1) is 27.8. The summed E-state index contributed by atoms with van der Waals surface area (Å²) in [6.45, 7) is -1.11. The highest BCUT2D eigenvalue weighted by atomic mass is 16.7. The van der Waals surface area contributed by atoms with Crippen LogP contribution >= 0.6 is 0 Å². The van der Waals surface area contributed by atoms with Crippen LogP contribution in [0.15, 0.2) is 63.8 Å². The van der Waals surface area contributed by atoms with Crippen LogP contribution in [0.4, 0.5) is 5.69 Å². The number of hydrogen-bond acceptors (Lipinski definition) is 10. The van der Waals surface area contributed by atoms with Gasteiger partial charge in [-0.2, -0.15) is 0 Å². The molecular weight excluding hydrogens is 552 g/mol. The summed E-state index contributed by atoms with van der Waals surface area (Å²) in [5.74, 6) is -1.01. The van der Waals surface area contributed by atoms with Crippen molar-refractivity contribution in [2.24, 2.45) is 0 Å². The fraction of sp³-hybridized carbons (Fsp3) is 0.172. The van der Waals surface area contributed by atoms with Gasteiger partial charge in [0.25, 0.3) is 11.8 Å². The minimum absolute atomic E-state index is 0.0188. The topological polar surface area (TPSA) is 172 Å². The zero-order valence-corrected chi connectivity index (χ0v) is 22.3. The number of methoxy groups -OCH3 is 2. The van der Waals surface area contributed by atoms with Crippen molar-refractivity contribution in [3.05, 3.63) is 70.4 Å². The maximum absolute atomic E-state index is 13.4. The van der Waals surface area contributed by atoms with E-state index >= 15 is 0 Å². The zero-order valence-electron chi connectivity index (χ0n) is 22.3. The van der Waals surface area contributed by atoms with E-state index in [-0.39, 0.29) is 46.7 Å². The number of anilines is 1. The SMILES string of the molecule is COc1cc2oc(-c3cccc(NC(=O)c4ccc5c(c4)OCO5)c3)cc(=O)c2c(OCC(=O)NCC(=O)O)c1OC. The molecule has 0 radical (unpaired) electrons. The van der Waals surface area contributed by atoms with E-state index in [0.717, 1.165) is 0 Å². The largest absolute Gasteiger partial charge is 0.493 e. The van der Waals surface area contributed by atoms with Gasteiger partial charge in [-0.15, -0.1) is 0 Å². The Bertz CT molecular complexity index is 1760. The van der Waals surface area contributed by atoms with Gasteiger partial charge in [0, 0.05) is 28.9 Å². The lowest BCUT2D eigenvalue weighted by Gasteiger charge is -2.16. The van der Waals surface area contributed by atoms with E-state index in [1.54, 1.807) is 42.5 Å². The van der Waals surface area contributed by atoms with Gasteiger partial charge in [-0.25, -0.2) is 0 Å². The number of benzene rings is 3. The second-order valence-corrected chi connectivity index (χ2v) is 8.85. The molecule has 0 spiro atoms. The monoisotopic (exact) mass is 576 g/mol. The Morgan fingerprint density at radius 2 is 1.76 bits per heavy atom. The van der Waals surface area contributed by atoms with Crippen molar-refractivity contribution in [3.8, 4) is 40.1 Å². The summed E-state index contributed by atoms with van der Waals surface area (Å²) in [5.41, 5.74) is 0.866. The molecular formula is C29H24N2O11. The molecule has 2 heterocycles. The molecule has 0 unspecified atom stereocenters. The minimum atomic E-state index is -1.22. The number of rotatable bonds is 10. The number of hydrogen-bond donors (Lipinski definition) is 3. The molecule has 42 heavy (non-hydrogen) atoms. The van der Waals surface area contributed by atoms with Gasteiger partial charge < -0.3 is 43.8 Å². The maximum Gasteiger partial charge on any atom is 0.322 e. The van der Waals surface area contributed by atoms with Crippen molar-refractivity contribution >= 4 is 34.4 Å². The Morgan fingerprint density at radius 3 is 2.52 bits per heavy atom. The first-order valence-corrected chi connectivity index (χ1v) is 12.4. The number of carbonyl (C=O) groups is 3. The first-order valence-electron chi connectivity index (χ1n) is 12.4. The molecule has 5 rings (SSSR count). The van der Waals surface area contributed by atoms with Gasteiger partial charge in [-0.1, -0.05) is 12.1 Å². The Kier molecular flexibility index (Phi) is 7.82. The molecule has 0 bridgehead atoms. The Hall–Kier alpha value is -5.72. The summed E-state index contributed by atoms with van der Waals surface area (Å²) in [6.07, 6.45) is 0. The van der Waals surface area contributed by atoms with Crippen LogP contribution in [0.1, 0.15) is 10.4 Å². The molecule has 0 aliphatic carbocycles. The fourth-order valence-corrected chi connectivity index (χ4v) is 4.23. The van der Waals surface area contributed by atoms with Gasteiger partial charge in [-0.05, 0) is 30.3 Å². The molecule has 0 atom stereocenters. The van der Waals surface area contributed by atoms with Gasteiger partial charge in [0.1, 0.15) is 23.3 Å². The Morgan fingerprint density at radius 1 is 0.952 bits per heavy atom. The van der Waals surface area contributed by atoms with E-state index in [0.29, 0.717) is 28.3 Å². The third-order valence-corrected chi connectivity index (χ3v) is 6.14. The first-order chi connectivity index (χ1) is 20.3. The number of carboxylic acids is 1. The quantitative estimate of drug-likeness (QED) is 0.253. The molecule has 0 saturated heterocycles. The molecule has 0 saturated carbocycles. The number of nitrogens with one attached hydrogen (secondary N) is 2. The summed E-state index contributed by atoms with van der Waals surface area (Å²) >= 11 is 0. The molecule has 1 aromatic heterocycles. The molecule has 216 valence electrons. The van der Waals surface area contributed by atoms with E-state index in [1.165, 1.54) is 26.4 Å². The molecule has 1 aliphatic rings. The van der Waals surface area contributed by atoms with Crippen LogP contribution in [0.25, 0.3) is 22.3 Å². The molecule has 1 aliphatic heterocycles. The van der Waals surface area contributed by atoms with E-state index in [2.05, 4.69) is 10.6 Å². The van der Waals surface area contributed by atoms with Crippen LogP contribution in [0, 0.1) is 0 Å². The maximum atomic E-state index is 13.4. The van der Waals surface area contributed by atoms with Gasteiger partial charge >= 0.3 is 5.97 Å². The minimum Gasteiger partial charge on any atom is -0.493 e. The summed E-state index contributed by atoms with van der Waals surface area (Å²) in [5, 5.41) is 13.7. The van der Waals surface area contributed by atoms with Crippen molar-refractivity contribution in [3.63, 3.8) is 0 Å². The number of carboxylic acid groups (broad SMARTS) is 1. The van der Waals surface area contributed by atoms with E-state index in [9.17, 15) is 19.2 Å². The van der Waals surface area contributed by atoms with Crippen molar-refractivity contribution < 1.29 is 47.6 Å². The van der Waals surface area contributed by atoms with Crippen molar-refractivity contribution in [1.82, 2.24) is 5.32 Å². The van der Waals surface area contributed by atoms with Crippen molar-refractivity contribution in [2.75, 3.05) is 39.5 Å². The number of amides is 2. The van der Waals surface area contributed by atoms with E-state index in [4.69, 9.17) is 33.2 Å². The molecule has 2 amide bonds. The van der Waals surface area contributed by atoms with Crippen LogP contribution < -0.4 is 39.7 Å². The predicted octanol–water partition coefficient (Wildman–Crippen LogP) is 3.04. The molecule has 3 aromatic carbocycles. The number of aliphatic carboxylic acids is 1. The van der Waals surface area contributed by atoms with Gasteiger partial charge in [0.15, 0.2) is 35.0 Å². The lowest BCUT2D eigenvalue weighted by atomic mass is 10.1. The lowest BCUT2D eigenvalue weighted by Crippen LogP contribution is -2.33. The third kappa shape index (κ3) is 5.75. The highest BCUT2D eigenvalue weighted by Gasteiger charge is 2.23. The molecule has 3 N–H and O–H groups in total. The highest BCUT2D eigenvalue weighted by molar-refractivity contribution is 6.05. The van der Waals surface area contributed by atoms with Crippen molar-refractivity contribution in [1.29, 1.82) is 0 Å². The number of ether oxygens (including phenoxy) is 5. The second-order valence-electron chi connectivity index (χ2n) is 8.85. The molecule has 13 nitrogen and oxygen atoms in total. The number of fused-ring (bicyclic) bond motifs is 2. The predicted molar refractivity (Wildman–Crippen MR) is 148 cm³/mol. The van der Waals surface area contributed by atoms with Crippen LogP contribution in [-0.4, -0.2) is 57.1 Å². The summed E-state index contributed by atoms with van der Waals surface area (Å²) in [7, 11) is 2.71. The highest BCUT2D eigenvalue weighted by Crippen LogP contribution is 2.43. The van der Waals surface area contributed by atoms with Crippen molar-refractivity contribution in [2.45, 2.75) is 0 Å². The molecule has 4 aromatic rings. The average molecular weight is 577 g/mol. The van der Waals surface area contributed by atoms with Crippen LogP contribution in [-0.2, 0) is 9.59 Å². The summed E-state index contributed by atoms with van der Waals surface area (Å²) in [4.78, 5) is 49.0. The van der Waals surface area contributed by atoms with Gasteiger partial charge in [-0.3, -0.25) is 19.2 Å². The Labute approximate surface area is 237 Å². The smallest absolute Gasteiger partial charge is 0.322 e. The summed E-state index contributed by atoms with van der Waals surface area (Å²) in [6, 6.07) is 14.3. The average Bonchev–Trinajstić information content (AvgIpc) is 3.46. The lowest BCUT2D eigenvalue weighted by molar-refractivity contribution is -0.138. The van der Waals surface area contributed by atoms with Crippen LogP contribution in [0.5, 0.6) is 28.7 Å². The van der Waals surface area contributed by atoms with Gasteiger partial charge in [0.2, 0.25) is 12.5 Å². The van der Waals surface area contributed by atoms with E-state index < -0.39 is 30.5 Å². The molecule has 0 fully saturated rings. The Balaban J connectivity index is 1.45. The summed E-state index contributed by atoms with van der Waals surface area (Å²) < 4.78 is 33.0. The van der Waals surface area contributed by atoms with E-state index in [1.807, 2.05) is 0 Å². The second kappa shape index (κ2) is 11.8. The van der Waals surface area contributed by atoms with Crippen LogP contribution in [0.3, 0.4) is 0 Å². The molecule has 13 heteroatoms. The van der Waals surface area contributed by atoms with Crippen LogP contribution in [0.2, 0.25) is 0 Å².